The second kappa shape index (κ2) is 7.33. The summed E-state index contributed by atoms with van der Waals surface area (Å²) >= 11 is 0. The highest BCUT2D eigenvalue weighted by molar-refractivity contribution is 5.77. The third kappa shape index (κ3) is 4.24. The predicted octanol–water partition coefficient (Wildman–Crippen LogP) is 1.59. The van der Waals surface area contributed by atoms with Crippen LogP contribution in [0.2, 0.25) is 0 Å². The van der Waals surface area contributed by atoms with E-state index >= 15 is 0 Å². The normalized spacial score (nSPS) is 10.2. The molecule has 112 valence electrons. The molecule has 0 fully saturated rings. The van der Waals surface area contributed by atoms with E-state index in [0.717, 1.165) is 17.1 Å². The minimum atomic E-state index is -0.0919. The van der Waals surface area contributed by atoms with Crippen molar-refractivity contribution in [1.82, 2.24) is 10.3 Å². The predicted molar refractivity (Wildman–Crippen MR) is 76.5 cm³/mol. The zero-order valence-corrected chi connectivity index (χ0v) is 12.1. The number of aromatic nitrogens is 1. The molecule has 1 heterocycles. The van der Waals surface area contributed by atoms with Crippen LogP contribution in [0.25, 0.3) is 0 Å². The minimum Gasteiger partial charge on any atom is -0.497 e. The van der Waals surface area contributed by atoms with Gasteiger partial charge in [0.05, 0.1) is 26.3 Å². The Kier molecular flexibility index (Phi) is 5.20. The van der Waals surface area contributed by atoms with Gasteiger partial charge in [-0.25, -0.2) is 4.98 Å². The van der Waals surface area contributed by atoms with E-state index in [1.165, 1.54) is 12.7 Å². The Labute approximate surface area is 123 Å². The van der Waals surface area contributed by atoms with Gasteiger partial charge in [0.15, 0.2) is 6.39 Å². The average molecular weight is 290 g/mol. The summed E-state index contributed by atoms with van der Waals surface area (Å²) in [7, 11) is 3.24. The molecule has 0 aliphatic rings. The Bertz CT molecular complexity index is 581. The van der Waals surface area contributed by atoms with Gasteiger partial charge in [0.2, 0.25) is 5.91 Å². The number of amides is 1. The van der Waals surface area contributed by atoms with Crippen LogP contribution >= 0.6 is 0 Å². The molecule has 0 unspecified atom stereocenters. The summed E-state index contributed by atoms with van der Waals surface area (Å²) in [5.41, 5.74) is 1.60. The van der Waals surface area contributed by atoms with Crippen molar-refractivity contribution in [2.75, 3.05) is 20.8 Å². The first-order chi connectivity index (χ1) is 10.2. The molecule has 0 radical (unpaired) electrons. The summed E-state index contributed by atoms with van der Waals surface area (Å²) in [5, 5.41) is 2.84. The smallest absolute Gasteiger partial charge is 0.226 e. The van der Waals surface area contributed by atoms with E-state index in [4.69, 9.17) is 13.9 Å². The first-order valence-corrected chi connectivity index (χ1v) is 6.57. The Hall–Kier alpha value is -2.50. The number of carbonyl (C=O) groups excluding carboxylic acids is 1. The van der Waals surface area contributed by atoms with Crippen LogP contribution in [0.5, 0.6) is 11.5 Å². The van der Waals surface area contributed by atoms with Crippen molar-refractivity contribution in [1.29, 1.82) is 0 Å². The summed E-state index contributed by atoms with van der Waals surface area (Å²) in [6.07, 6.45) is 3.64. The fourth-order valence-electron chi connectivity index (χ4n) is 1.97. The molecule has 0 spiro atoms. The fraction of sp³-hybridized carbons (Fsp3) is 0.333. The van der Waals surface area contributed by atoms with E-state index in [0.29, 0.717) is 18.7 Å². The molecule has 1 N–H and O–H groups in total. The van der Waals surface area contributed by atoms with Crippen LogP contribution in [0.1, 0.15) is 11.3 Å². The fourth-order valence-corrected chi connectivity index (χ4v) is 1.97. The lowest BCUT2D eigenvalue weighted by atomic mass is 10.1. The number of ether oxygens (including phenoxy) is 2. The van der Waals surface area contributed by atoms with Crippen molar-refractivity contribution < 1.29 is 18.7 Å². The van der Waals surface area contributed by atoms with E-state index in [2.05, 4.69) is 10.3 Å². The van der Waals surface area contributed by atoms with Gasteiger partial charge in [0.1, 0.15) is 17.8 Å². The SMILES string of the molecule is COc1ccc(OC)c(CCNC(=O)Cc2cocn2)c1. The molecule has 0 bridgehead atoms. The van der Waals surface area contributed by atoms with Gasteiger partial charge in [-0.3, -0.25) is 4.79 Å². The lowest BCUT2D eigenvalue weighted by molar-refractivity contribution is -0.120. The molecule has 0 aliphatic carbocycles. The zero-order valence-electron chi connectivity index (χ0n) is 12.1. The van der Waals surface area contributed by atoms with Crippen molar-refractivity contribution in [2.24, 2.45) is 0 Å². The first kappa shape index (κ1) is 14.9. The van der Waals surface area contributed by atoms with E-state index in [1.807, 2.05) is 18.2 Å². The number of carbonyl (C=O) groups is 1. The number of methoxy groups -OCH3 is 2. The highest BCUT2D eigenvalue weighted by Crippen LogP contribution is 2.24. The monoisotopic (exact) mass is 290 g/mol. The van der Waals surface area contributed by atoms with Gasteiger partial charge < -0.3 is 19.2 Å². The van der Waals surface area contributed by atoms with Gasteiger partial charge in [-0.05, 0) is 30.2 Å². The van der Waals surface area contributed by atoms with Crippen molar-refractivity contribution in [3.63, 3.8) is 0 Å². The highest BCUT2D eigenvalue weighted by atomic mass is 16.5. The molecule has 1 aromatic heterocycles. The molecular formula is C15H18N2O4. The maximum atomic E-state index is 11.7. The Morgan fingerprint density at radius 2 is 2.19 bits per heavy atom. The van der Waals surface area contributed by atoms with Gasteiger partial charge in [-0.1, -0.05) is 0 Å². The van der Waals surface area contributed by atoms with Crippen LogP contribution in [-0.4, -0.2) is 31.7 Å². The number of hydrogen-bond acceptors (Lipinski definition) is 5. The maximum Gasteiger partial charge on any atom is 0.226 e. The highest BCUT2D eigenvalue weighted by Gasteiger charge is 2.08. The van der Waals surface area contributed by atoms with Crippen molar-refractivity contribution in [3.8, 4) is 11.5 Å². The summed E-state index contributed by atoms with van der Waals surface area (Å²) in [6, 6.07) is 5.60. The quantitative estimate of drug-likeness (QED) is 0.838. The molecule has 1 amide bonds. The second-order valence-electron chi connectivity index (χ2n) is 4.43. The summed E-state index contributed by atoms with van der Waals surface area (Å²) < 4.78 is 15.3. The molecule has 0 saturated heterocycles. The molecular weight excluding hydrogens is 272 g/mol. The van der Waals surface area contributed by atoms with Gasteiger partial charge >= 0.3 is 0 Å². The van der Waals surface area contributed by atoms with Crippen molar-refractivity contribution >= 4 is 5.91 Å². The lowest BCUT2D eigenvalue weighted by Gasteiger charge is -2.11. The molecule has 0 aliphatic heterocycles. The van der Waals surface area contributed by atoms with Gasteiger partial charge in [-0.15, -0.1) is 0 Å². The Balaban J connectivity index is 1.86. The zero-order chi connectivity index (χ0) is 15.1. The molecule has 6 heteroatoms. The van der Waals surface area contributed by atoms with E-state index in [1.54, 1.807) is 14.2 Å². The molecule has 6 nitrogen and oxygen atoms in total. The van der Waals surface area contributed by atoms with Crippen LogP contribution in [-0.2, 0) is 17.6 Å². The van der Waals surface area contributed by atoms with E-state index < -0.39 is 0 Å². The van der Waals surface area contributed by atoms with Crippen LogP contribution in [0.15, 0.2) is 35.3 Å². The topological polar surface area (TPSA) is 73.6 Å². The van der Waals surface area contributed by atoms with Crippen LogP contribution in [0.4, 0.5) is 0 Å². The number of nitrogens with one attached hydrogen (secondary N) is 1. The Morgan fingerprint density at radius 3 is 2.86 bits per heavy atom. The van der Waals surface area contributed by atoms with E-state index in [-0.39, 0.29) is 12.3 Å². The molecule has 2 rings (SSSR count). The molecule has 2 aromatic rings. The first-order valence-electron chi connectivity index (χ1n) is 6.57. The molecule has 1 aromatic carbocycles. The Morgan fingerprint density at radius 1 is 1.33 bits per heavy atom. The average Bonchev–Trinajstić information content (AvgIpc) is 3.00. The minimum absolute atomic E-state index is 0.0919. The van der Waals surface area contributed by atoms with Crippen molar-refractivity contribution in [3.05, 3.63) is 42.1 Å². The van der Waals surface area contributed by atoms with Crippen LogP contribution in [0, 0.1) is 0 Å². The van der Waals surface area contributed by atoms with Crippen LogP contribution < -0.4 is 14.8 Å². The maximum absolute atomic E-state index is 11.7. The van der Waals surface area contributed by atoms with Gasteiger partial charge in [-0.2, -0.15) is 0 Å². The largest absolute Gasteiger partial charge is 0.497 e. The number of oxazole rings is 1. The third-order valence-corrected chi connectivity index (χ3v) is 3.03. The third-order valence-electron chi connectivity index (χ3n) is 3.03. The summed E-state index contributed by atoms with van der Waals surface area (Å²) in [4.78, 5) is 15.6. The van der Waals surface area contributed by atoms with E-state index in [9.17, 15) is 4.79 Å². The summed E-state index contributed by atoms with van der Waals surface area (Å²) in [5.74, 6) is 1.45. The molecule has 0 atom stereocenters. The molecule has 0 saturated carbocycles. The number of hydrogen-bond donors (Lipinski definition) is 1. The number of rotatable bonds is 7. The van der Waals surface area contributed by atoms with Crippen molar-refractivity contribution in [2.45, 2.75) is 12.8 Å². The molecule has 21 heavy (non-hydrogen) atoms. The lowest BCUT2D eigenvalue weighted by Crippen LogP contribution is -2.27. The summed E-state index contributed by atoms with van der Waals surface area (Å²) in [6.45, 7) is 0.514. The van der Waals surface area contributed by atoms with Gasteiger partial charge in [0.25, 0.3) is 0 Å². The standard InChI is InChI=1S/C15H18N2O4/c1-19-13-3-4-14(20-2)11(7-13)5-6-16-15(18)8-12-9-21-10-17-12/h3-4,7,9-10H,5-6,8H2,1-2H3,(H,16,18). The van der Waals surface area contributed by atoms with Crippen LogP contribution in [0.3, 0.4) is 0 Å². The number of nitrogens with zero attached hydrogens (tertiary/aromatic N) is 1. The second-order valence-corrected chi connectivity index (χ2v) is 4.43. The van der Waals surface area contributed by atoms with Gasteiger partial charge in [0, 0.05) is 6.54 Å². The number of benzene rings is 1.